The number of aliphatic hydroxyl groups excluding tert-OH is 1. The average molecular weight is 368 g/mol. The second-order valence-electron chi connectivity index (χ2n) is 4.67. The Morgan fingerprint density at radius 1 is 1.28 bits per heavy atom. The molecule has 0 bridgehead atoms. The molecule has 25 heavy (non-hydrogen) atoms. The molecule has 0 fully saturated rings. The first kappa shape index (κ1) is 18.6. The predicted molar refractivity (Wildman–Crippen MR) is 74.0 cm³/mol. The van der Waals surface area contributed by atoms with Gasteiger partial charge in [0.15, 0.2) is 17.4 Å². The van der Waals surface area contributed by atoms with Crippen LogP contribution in [0.5, 0.6) is 5.75 Å². The summed E-state index contributed by atoms with van der Waals surface area (Å²) in [5.74, 6) is -2.22. The molecule has 1 atom stereocenters. The van der Waals surface area contributed by atoms with Crippen molar-refractivity contribution >= 4 is 12.0 Å². The van der Waals surface area contributed by atoms with Gasteiger partial charge >= 0.3 is 12.5 Å². The summed E-state index contributed by atoms with van der Waals surface area (Å²) in [6.45, 7) is 3.28. The molecule has 0 saturated heterocycles. The minimum atomic E-state index is -5.04. The van der Waals surface area contributed by atoms with E-state index in [1.54, 1.807) is 0 Å². The van der Waals surface area contributed by atoms with E-state index in [0.29, 0.717) is 0 Å². The number of halogens is 6. The van der Waals surface area contributed by atoms with E-state index >= 15 is 0 Å². The van der Waals surface area contributed by atoms with Crippen molar-refractivity contribution < 1.29 is 36.2 Å². The first-order valence-corrected chi connectivity index (χ1v) is 6.40. The van der Waals surface area contributed by atoms with Crippen LogP contribution in [0.15, 0.2) is 25.0 Å². The Morgan fingerprint density at radius 3 is 2.44 bits per heavy atom. The van der Waals surface area contributed by atoms with Gasteiger partial charge in [0.05, 0.1) is 5.69 Å². The molecule has 2 aromatic heterocycles. The average Bonchev–Trinajstić information content (AvgIpc) is 2.90. The van der Waals surface area contributed by atoms with Gasteiger partial charge in [-0.2, -0.15) is 13.2 Å². The SMILES string of the molecule is C=Cn1cc(-c2cnc(N)c(OC(F)(F)F)c2)nc1C(O)C(F)(F)F. The molecule has 136 valence electrons. The number of ether oxygens (including phenoxy) is 1. The number of nitrogens with zero attached hydrogens (tertiary/aromatic N) is 3. The molecule has 0 aliphatic carbocycles. The standard InChI is InChI=1S/C13H10F6N4O2/c1-2-23-5-7(22-11(23)9(24)12(14,15)16)6-3-8(10(20)21-4-6)25-13(17,18)19/h2-5,9,24H,1H2,(H2,20,21). The third kappa shape index (κ3) is 4.21. The molecular formula is C13H10F6N4O2. The monoisotopic (exact) mass is 368 g/mol. The number of rotatable bonds is 4. The molecule has 12 heteroatoms. The Hall–Kier alpha value is -2.76. The molecule has 3 N–H and O–H groups in total. The van der Waals surface area contributed by atoms with Crippen LogP contribution in [0.1, 0.15) is 11.9 Å². The fraction of sp³-hybridized carbons (Fsp3) is 0.231. The lowest BCUT2D eigenvalue weighted by atomic mass is 10.2. The van der Waals surface area contributed by atoms with Crippen molar-refractivity contribution in [2.75, 3.05) is 5.73 Å². The van der Waals surface area contributed by atoms with Crippen molar-refractivity contribution in [3.8, 4) is 17.0 Å². The number of nitrogen functional groups attached to an aromatic ring is 1. The number of alkyl halides is 6. The molecule has 0 saturated carbocycles. The fourth-order valence-corrected chi connectivity index (χ4v) is 1.84. The van der Waals surface area contributed by atoms with Crippen molar-refractivity contribution in [2.45, 2.75) is 18.6 Å². The number of pyridine rings is 1. The number of imidazole rings is 1. The van der Waals surface area contributed by atoms with Crippen molar-refractivity contribution in [1.82, 2.24) is 14.5 Å². The summed E-state index contributed by atoms with van der Waals surface area (Å²) in [5, 5.41) is 9.32. The number of hydrogen-bond acceptors (Lipinski definition) is 5. The number of aliphatic hydroxyl groups is 1. The maximum atomic E-state index is 12.7. The topological polar surface area (TPSA) is 86.2 Å². The van der Waals surface area contributed by atoms with Gasteiger partial charge in [0.1, 0.15) is 0 Å². The van der Waals surface area contributed by atoms with Crippen molar-refractivity contribution in [2.24, 2.45) is 0 Å². The normalized spacial score (nSPS) is 13.6. The van der Waals surface area contributed by atoms with E-state index in [1.165, 1.54) is 0 Å². The third-order valence-corrected chi connectivity index (χ3v) is 2.92. The first-order chi connectivity index (χ1) is 11.4. The molecule has 0 spiro atoms. The maximum Gasteiger partial charge on any atom is 0.573 e. The van der Waals surface area contributed by atoms with Crippen LogP contribution < -0.4 is 10.5 Å². The van der Waals surface area contributed by atoms with Crippen LogP contribution in [0.2, 0.25) is 0 Å². The Labute approximate surface area is 136 Å². The minimum absolute atomic E-state index is 0.107. The molecular weight excluding hydrogens is 358 g/mol. The van der Waals surface area contributed by atoms with Gasteiger partial charge in [0.25, 0.3) is 0 Å². The van der Waals surface area contributed by atoms with E-state index in [9.17, 15) is 31.4 Å². The zero-order chi connectivity index (χ0) is 19.0. The van der Waals surface area contributed by atoms with Gasteiger partial charge in [-0.25, -0.2) is 9.97 Å². The minimum Gasteiger partial charge on any atom is -0.402 e. The first-order valence-electron chi connectivity index (χ1n) is 6.40. The molecule has 0 aromatic carbocycles. The Kier molecular flexibility index (Phi) is 4.66. The smallest absolute Gasteiger partial charge is 0.402 e. The summed E-state index contributed by atoms with van der Waals surface area (Å²) < 4.78 is 79.4. The summed E-state index contributed by atoms with van der Waals surface area (Å²) in [7, 11) is 0. The second kappa shape index (κ2) is 6.27. The van der Waals surface area contributed by atoms with E-state index < -0.39 is 36.0 Å². The predicted octanol–water partition coefficient (Wildman–Crippen LogP) is 3.12. The van der Waals surface area contributed by atoms with E-state index in [2.05, 4.69) is 21.3 Å². The Balaban J connectivity index is 2.48. The van der Waals surface area contributed by atoms with Crippen LogP contribution in [0.25, 0.3) is 17.5 Å². The zero-order valence-corrected chi connectivity index (χ0v) is 12.1. The number of anilines is 1. The van der Waals surface area contributed by atoms with Crippen LogP contribution in [0, 0.1) is 0 Å². The van der Waals surface area contributed by atoms with Crippen molar-refractivity contribution in [3.05, 3.63) is 30.9 Å². The summed E-state index contributed by atoms with van der Waals surface area (Å²) in [6.07, 6.45) is -9.97. The summed E-state index contributed by atoms with van der Waals surface area (Å²) in [5.41, 5.74) is 4.97. The van der Waals surface area contributed by atoms with Crippen LogP contribution in [0.4, 0.5) is 32.2 Å². The highest BCUT2D eigenvalue weighted by atomic mass is 19.4. The maximum absolute atomic E-state index is 12.7. The summed E-state index contributed by atoms with van der Waals surface area (Å²) >= 11 is 0. The molecule has 2 aromatic rings. The van der Waals surface area contributed by atoms with Gasteiger partial charge in [-0.05, 0) is 6.07 Å². The quantitative estimate of drug-likeness (QED) is 0.810. The second-order valence-corrected chi connectivity index (χ2v) is 4.67. The van der Waals surface area contributed by atoms with E-state index in [4.69, 9.17) is 5.73 Å². The van der Waals surface area contributed by atoms with Crippen molar-refractivity contribution in [1.29, 1.82) is 0 Å². The lowest BCUT2D eigenvalue weighted by Crippen LogP contribution is -2.22. The highest BCUT2D eigenvalue weighted by molar-refractivity contribution is 5.64. The van der Waals surface area contributed by atoms with Gasteiger partial charge in [-0.1, -0.05) is 6.58 Å². The lowest BCUT2D eigenvalue weighted by Gasteiger charge is -2.13. The van der Waals surface area contributed by atoms with Crippen LogP contribution >= 0.6 is 0 Å². The van der Waals surface area contributed by atoms with E-state index in [-0.39, 0.29) is 11.3 Å². The summed E-state index contributed by atoms with van der Waals surface area (Å²) in [6, 6.07) is 0.815. The largest absolute Gasteiger partial charge is 0.573 e. The molecule has 0 amide bonds. The highest BCUT2D eigenvalue weighted by Crippen LogP contribution is 2.35. The fourth-order valence-electron chi connectivity index (χ4n) is 1.84. The van der Waals surface area contributed by atoms with Gasteiger partial charge < -0.3 is 20.1 Å². The molecule has 2 rings (SSSR count). The van der Waals surface area contributed by atoms with Crippen LogP contribution in [-0.2, 0) is 0 Å². The van der Waals surface area contributed by atoms with Gasteiger partial charge in [-0.3, -0.25) is 0 Å². The van der Waals surface area contributed by atoms with Gasteiger partial charge in [-0.15, -0.1) is 13.2 Å². The van der Waals surface area contributed by atoms with Gasteiger partial charge in [0.2, 0.25) is 6.10 Å². The van der Waals surface area contributed by atoms with E-state index in [0.717, 1.165) is 29.2 Å². The third-order valence-electron chi connectivity index (χ3n) is 2.92. The number of hydrogen-bond donors (Lipinski definition) is 2. The van der Waals surface area contributed by atoms with E-state index in [1.807, 2.05) is 0 Å². The van der Waals surface area contributed by atoms with Crippen LogP contribution in [-0.4, -0.2) is 32.2 Å². The molecule has 0 radical (unpaired) electrons. The zero-order valence-electron chi connectivity index (χ0n) is 12.1. The molecule has 2 heterocycles. The highest BCUT2D eigenvalue weighted by Gasteiger charge is 2.42. The lowest BCUT2D eigenvalue weighted by molar-refractivity contribution is -0.274. The number of nitrogens with two attached hydrogens (primary N) is 1. The Morgan fingerprint density at radius 2 is 1.92 bits per heavy atom. The van der Waals surface area contributed by atoms with Crippen molar-refractivity contribution in [3.63, 3.8) is 0 Å². The van der Waals surface area contributed by atoms with Gasteiger partial charge in [0, 0.05) is 24.2 Å². The molecule has 1 unspecified atom stereocenters. The molecule has 0 aliphatic heterocycles. The molecule has 0 aliphatic rings. The Bertz CT molecular complexity index is 784. The number of aromatic nitrogens is 3. The van der Waals surface area contributed by atoms with Crippen LogP contribution in [0.3, 0.4) is 0 Å². The summed E-state index contributed by atoms with van der Waals surface area (Å²) in [4.78, 5) is 7.08. The molecule has 6 nitrogen and oxygen atoms in total.